The van der Waals surface area contributed by atoms with Gasteiger partial charge < -0.3 is 19.6 Å². The largest absolute Gasteiger partial charge is 0.481 e. The molecular weight excluding hydrogens is 288 g/mol. The Morgan fingerprint density at radius 1 is 1.15 bits per heavy atom. The van der Waals surface area contributed by atoms with Crippen LogP contribution >= 0.6 is 0 Å². The first-order valence-electron chi connectivity index (χ1n) is 6.45. The van der Waals surface area contributed by atoms with Crippen LogP contribution in [0.25, 0.3) is 0 Å². The zero-order valence-electron chi connectivity index (χ0n) is 11.0. The molecule has 0 spiro atoms. The molecule has 0 aromatic carbocycles. The maximum absolute atomic E-state index is 12.2. The summed E-state index contributed by atoms with van der Waals surface area (Å²) in [7, 11) is -3.02. The highest BCUT2D eigenvalue weighted by Crippen LogP contribution is 2.13. The molecule has 2 heterocycles. The third-order valence-electron chi connectivity index (χ3n) is 3.43. The van der Waals surface area contributed by atoms with Crippen LogP contribution in [0.4, 0.5) is 4.79 Å². The Morgan fingerprint density at radius 2 is 1.80 bits per heavy atom. The number of nitrogens with zero attached hydrogens (tertiary/aromatic N) is 2. The van der Waals surface area contributed by atoms with Gasteiger partial charge in [0.05, 0.1) is 30.6 Å². The predicted molar refractivity (Wildman–Crippen MR) is 69.2 cm³/mol. The molecule has 2 aliphatic rings. The number of urea groups is 1. The molecule has 0 saturated carbocycles. The lowest BCUT2D eigenvalue weighted by Gasteiger charge is -2.37. The zero-order chi connectivity index (χ0) is 14.8. The van der Waals surface area contributed by atoms with Crippen LogP contribution in [0.3, 0.4) is 0 Å². The van der Waals surface area contributed by atoms with Crippen molar-refractivity contribution >= 4 is 21.8 Å². The molecule has 0 aromatic rings. The van der Waals surface area contributed by atoms with Crippen LogP contribution in [0, 0.1) is 0 Å². The molecule has 0 radical (unpaired) electrons. The van der Waals surface area contributed by atoms with E-state index in [1.807, 2.05) is 0 Å². The number of hydrogen-bond donors (Lipinski definition) is 1. The molecule has 2 amide bonds. The first-order chi connectivity index (χ1) is 9.37. The number of morpholine rings is 1. The molecule has 9 heteroatoms. The van der Waals surface area contributed by atoms with E-state index in [9.17, 15) is 18.0 Å². The van der Waals surface area contributed by atoms with Gasteiger partial charge in [0.2, 0.25) is 0 Å². The number of sulfone groups is 1. The van der Waals surface area contributed by atoms with E-state index in [1.54, 1.807) is 0 Å². The summed E-state index contributed by atoms with van der Waals surface area (Å²) in [6, 6.07) is -0.237. The van der Waals surface area contributed by atoms with Gasteiger partial charge in [-0.1, -0.05) is 0 Å². The Hall–Kier alpha value is -1.35. The van der Waals surface area contributed by atoms with Crippen molar-refractivity contribution in [3.63, 3.8) is 0 Å². The highest BCUT2D eigenvalue weighted by molar-refractivity contribution is 7.91. The van der Waals surface area contributed by atoms with Crippen molar-refractivity contribution in [2.75, 3.05) is 44.3 Å². The van der Waals surface area contributed by atoms with E-state index in [2.05, 4.69) is 0 Å². The van der Waals surface area contributed by atoms with Gasteiger partial charge in [-0.3, -0.25) is 4.79 Å². The summed E-state index contributed by atoms with van der Waals surface area (Å²) in [5, 5.41) is 8.74. The Morgan fingerprint density at radius 3 is 2.40 bits per heavy atom. The normalized spacial score (nSPS) is 26.3. The molecule has 2 saturated heterocycles. The number of aliphatic carboxylic acids is 1. The SMILES string of the molecule is O=C(O)CC1CN(C(=O)N2CCS(=O)(=O)CC2)CCO1. The number of carboxylic acids is 1. The Balaban J connectivity index is 1.90. The van der Waals surface area contributed by atoms with E-state index >= 15 is 0 Å². The molecule has 0 aliphatic carbocycles. The zero-order valence-corrected chi connectivity index (χ0v) is 11.8. The molecule has 8 nitrogen and oxygen atoms in total. The van der Waals surface area contributed by atoms with E-state index in [4.69, 9.17) is 9.84 Å². The summed E-state index contributed by atoms with van der Waals surface area (Å²) in [4.78, 5) is 25.9. The number of amides is 2. The van der Waals surface area contributed by atoms with Gasteiger partial charge in [0.1, 0.15) is 0 Å². The fraction of sp³-hybridized carbons (Fsp3) is 0.818. The van der Waals surface area contributed by atoms with Gasteiger partial charge in [-0.05, 0) is 0 Å². The fourth-order valence-electron chi connectivity index (χ4n) is 2.32. The van der Waals surface area contributed by atoms with Crippen LogP contribution in [0.15, 0.2) is 0 Å². The second kappa shape index (κ2) is 5.96. The number of carboxylic acid groups (broad SMARTS) is 1. The van der Waals surface area contributed by atoms with Crippen molar-refractivity contribution in [2.24, 2.45) is 0 Å². The van der Waals surface area contributed by atoms with Crippen molar-refractivity contribution in [3.8, 4) is 0 Å². The predicted octanol–water partition coefficient (Wildman–Crippen LogP) is -0.988. The van der Waals surface area contributed by atoms with E-state index in [-0.39, 0.29) is 43.6 Å². The summed E-state index contributed by atoms with van der Waals surface area (Å²) in [6.45, 7) is 1.33. The number of carbonyl (C=O) groups is 2. The highest BCUT2D eigenvalue weighted by atomic mass is 32.2. The van der Waals surface area contributed by atoms with Crippen LogP contribution < -0.4 is 0 Å². The molecule has 114 valence electrons. The minimum absolute atomic E-state index is 0.0123. The Bertz CT molecular complexity index is 477. The van der Waals surface area contributed by atoms with Gasteiger partial charge in [-0.2, -0.15) is 0 Å². The second-order valence-corrected chi connectivity index (χ2v) is 7.26. The number of hydrogen-bond acceptors (Lipinski definition) is 5. The monoisotopic (exact) mass is 306 g/mol. The standard InChI is InChI=1S/C11H18N2O6S/c14-10(15)7-9-8-13(1-4-19-9)11(16)12-2-5-20(17,18)6-3-12/h9H,1-8H2,(H,14,15). The topological polar surface area (TPSA) is 104 Å². The summed E-state index contributed by atoms with van der Waals surface area (Å²) in [6.07, 6.45) is -0.642. The van der Waals surface area contributed by atoms with Crippen LogP contribution in [0.2, 0.25) is 0 Å². The van der Waals surface area contributed by atoms with Gasteiger partial charge in [0.25, 0.3) is 0 Å². The molecular formula is C11H18N2O6S. The Labute approximate surface area is 117 Å². The molecule has 2 fully saturated rings. The lowest BCUT2D eigenvalue weighted by molar-refractivity contribution is -0.141. The summed E-state index contributed by atoms with van der Waals surface area (Å²) < 4.78 is 28.0. The highest BCUT2D eigenvalue weighted by Gasteiger charge is 2.31. The molecule has 0 aromatic heterocycles. The molecule has 1 unspecified atom stereocenters. The third-order valence-corrected chi connectivity index (χ3v) is 5.04. The minimum Gasteiger partial charge on any atom is -0.481 e. The number of rotatable bonds is 2. The fourth-order valence-corrected chi connectivity index (χ4v) is 3.52. The first kappa shape index (κ1) is 15.0. The van der Waals surface area contributed by atoms with Gasteiger partial charge in [-0.15, -0.1) is 0 Å². The molecule has 2 rings (SSSR count). The van der Waals surface area contributed by atoms with E-state index < -0.39 is 21.9 Å². The van der Waals surface area contributed by atoms with Gasteiger partial charge in [0.15, 0.2) is 9.84 Å². The van der Waals surface area contributed by atoms with Crippen molar-refractivity contribution in [3.05, 3.63) is 0 Å². The Kier molecular flexibility index (Phi) is 4.48. The molecule has 0 bridgehead atoms. The van der Waals surface area contributed by atoms with E-state index in [0.717, 1.165) is 0 Å². The van der Waals surface area contributed by atoms with Crippen LogP contribution in [-0.4, -0.2) is 85.7 Å². The first-order valence-corrected chi connectivity index (χ1v) is 8.27. The van der Waals surface area contributed by atoms with Crippen molar-refractivity contribution in [2.45, 2.75) is 12.5 Å². The lowest BCUT2D eigenvalue weighted by Crippen LogP contribution is -2.54. The maximum atomic E-state index is 12.2. The smallest absolute Gasteiger partial charge is 0.320 e. The quantitative estimate of drug-likeness (QED) is 0.702. The van der Waals surface area contributed by atoms with Gasteiger partial charge in [-0.25, -0.2) is 13.2 Å². The molecule has 1 N–H and O–H groups in total. The number of ether oxygens (including phenoxy) is 1. The van der Waals surface area contributed by atoms with Crippen molar-refractivity contribution in [1.82, 2.24) is 9.80 Å². The molecule has 1 atom stereocenters. The number of carbonyl (C=O) groups excluding carboxylic acids is 1. The molecule has 2 aliphatic heterocycles. The lowest BCUT2D eigenvalue weighted by atomic mass is 10.2. The minimum atomic E-state index is -3.02. The van der Waals surface area contributed by atoms with Gasteiger partial charge in [0, 0.05) is 26.2 Å². The van der Waals surface area contributed by atoms with Crippen molar-refractivity contribution < 1.29 is 27.9 Å². The third kappa shape index (κ3) is 3.83. The summed E-state index contributed by atoms with van der Waals surface area (Å²) in [5.41, 5.74) is 0. The van der Waals surface area contributed by atoms with Crippen molar-refractivity contribution in [1.29, 1.82) is 0 Å². The summed E-state index contributed by atoms with van der Waals surface area (Å²) >= 11 is 0. The molecule has 20 heavy (non-hydrogen) atoms. The average Bonchev–Trinajstić information content (AvgIpc) is 2.37. The second-order valence-electron chi connectivity index (χ2n) is 4.96. The summed E-state index contributed by atoms with van der Waals surface area (Å²) in [5.74, 6) is -0.989. The maximum Gasteiger partial charge on any atom is 0.320 e. The van der Waals surface area contributed by atoms with E-state index in [1.165, 1.54) is 9.80 Å². The van der Waals surface area contributed by atoms with Crippen LogP contribution in [-0.2, 0) is 19.4 Å². The van der Waals surface area contributed by atoms with Crippen LogP contribution in [0.1, 0.15) is 6.42 Å². The average molecular weight is 306 g/mol. The van der Waals surface area contributed by atoms with E-state index in [0.29, 0.717) is 13.2 Å². The van der Waals surface area contributed by atoms with Gasteiger partial charge >= 0.3 is 12.0 Å². The van der Waals surface area contributed by atoms with Crippen LogP contribution in [0.5, 0.6) is 0 Å².